The minimum atomic E-state index is -0.487. The van der Waals surface area contributed by atoms with Gasteiger partial charge >= 0.3 is 6.09 Å². The van der Waals surface area contributed by atoms with Gasteiger partial charge in [0.15, 0.2) is 0 Å². The first-order chi connectivity index (χ1) is 9.92. The first kappa shape index (κ1) is 15.6. The maximum absolute atomic E-state index is 11.7. The van der Waals surface area contributed by atoms with Crippen LogP contribution in [0.4, 0.5) is 16.2 Å². The molecule has 1 heterocycles. The van der Waals surface area contributed by atoms with Crippen molar-refractivity contribution in [1.29, 1.82) is 0 Å². The van der Waals surface area contributed by atoms with Gasteiger partial charge < -0.3 is 15.4 Å². The molecule has 2 rings (SSSR count). The van der Waals surface area contributed by atoms with E-state index in [4.69, 9.17) is 4.74 Å². The summed E-state index contributed by atoms with van der Waals surface area (Å²) < 4.78 is 5.22. The van der Waals surface area contributed by atoms with Crippen molar-refractivity contribution in [2.45, 2.75) is 45.3 Å². The summed E-state index contributed by atoms with van der Waals surface area (Å²) in [5.41, 5.74) is 1.31. The van der Waals surface area contributed by atoms with Crippen molar-refractivity contribution in [1.82, 2.24) is 5.32 Å². The summed E-state index contributed by atoms with van der Waals surface area (Å²) in [6.45, 7) is 7.64. The zero-order chi connectivity index (χ0) is 15.3. The molecule has 1 aliphatic heterocycles. The molecule has 0 spiro atoms. The van der Waals surface area contributed by atoms with Crippen LogP contribution in [0.5, 0.6) is 0 Å². The van der Waals surface area contributed by atoms with Crippen LogP contribution in [0.25, 0.3) is 0 Å². The summed E-state index contributed by atoms with van der Waals surface area (Å²) >= 11 is 0. The molecule has 21 heavy (non-hydrogen) atoms. The molecule has 1 aromatic carbocycles. The number of hydrogen-bond donors (Lipinski definition) is 3. The van der Waals surface area contributed by atoms with Gasteiger partial charge in [0.1, 0.15) is 5.60 Å². The van der Waals surface area contributed by atoms with Crippen molar-refractivity contribution in [3.8, 4) is 0 Å². The second-order valence-corrected chi connectivity index (χ2v) is 6.39. The number of anilines is 2. The fraction of sp³-hybridized carbons (Fsp3) is 0.562. The standard InChI is InChI=1S/C16H25N3O2/c1-16(2,3)21-15(20)19-13-8-6-12(7-9-13)18-14-5-4-10-17-11-14/h6-9,14,17-18H,4-5,10-11H2,1-3H3,(H,19,20). The van der Waals surface area contributed by atoms with Gasteiger partial charge in [-0.3, -0.25) is 5.32 Å². The average Bonchev–Trinajstić information content (AvgIpc) is 2.40. The van der Waals surface area contributed by atoms with Gasteiger partial charge in [-0.05, 0) is 64.4 Å². The van der Waals surface area contributed by atoms with Crippen LogP contribution in [-0.2, 0) is 4.74 Å². The van der Waals surface area contributed by atoms with Gasteiger partial charge in [0, 0.05) is 24.0 Å². The highest BCUT2D eigenvalue weighted by atomic mass is 16.6. The summed E-state index contributed by atoms with van der Waals surface area (Å²) in [6, 6.07) is 8.18. The van der Waals surface area contributed by atoms with E-state index in [0.717, 1.165) is 24.5 Å². The third kappa shape index (κ3) is 5.63. The van der Waals surface area contributed by atoms with E-state index >= 15 is 0 Å². The van der Waals surface area contributed by atoms with Gasteiger partial charge in [-0.15, -0.1) is 0 Å². The predicted octanol–water partition coefficient (Wildman–Crippen LogP) is 3.20. The van der Waals surface area contributed by atoms with E-state index in [2.05, 4.69) is 16.0 Å². The van der Waals surface area contributed by atoms with Crippen LogP contribution >= 0.6 is 0 Å². The first-order valence-corrected chi connectivity index (χ1v) is 7.50. The minimum absolute atomic E-state index is 0.431. The molecular formula is C16H25N3O2. The molecule has 1 aromatic rings. The largest absolute Gasteiger partial charge is 0.444 e. The van der Waals surface area contributed by atoms with E-state index in [1.54, 1.807) is 0 Å². The molecule has 3 N–H and O–H groups in total. The normalized spacial score (nSPS) is 18.9. The van der Waals surface area contributed by atoms with E-state index in [-0.39, 0.29) is 0 Å². The Bertz CT molecular complexity index is 459. The lowest BCUT2D eigenvalue weighted by molar-refractivity contribution is 0.0636. The smallest absolute Gasteiger partial charge is 0.412 e. The third-order valence-electron chi connectivity index (χ3n) is 3.20. The number of carbonyl (C=O) groups is 1. The van der Waals surface area contributed by atoms with Crippen molar-refractivity contribution >= 4 is 17.5 Å². The zero-order valence-electron chi connectivity index (χ0n) is 13.0. The van der Waals surface area contributed by atoms with Crippen LogP contribution < -0.4 is 16.0 Å². The molecule has 5 nitrogen and oxygen atoms in total. The predicted molar refractivity (Wildman–Crippen MR) is 85.8 cm³/mol. The molecule has 0 bridgehead atoms. The highest BCUT2D eigenvalue weighted by molar-refractivity contribution is 5.85. The Labute approximate surface area is 126 Å². The third-order valence-corrected chi connectivity index (χ3v) is 3.20. The Hall–Kier alpha value is -1.75. The van der Waals surface area contributed by atoms with Gasteiger partial charge in [0.2, 0.25) is 0 Å². The Balaban J connectivity index is 1.85. The Morgan fingerprint density at radius 2 is 1.90 bits per heavy atom. The second kappa shape index (κ2) is 6.80. The summed E-state index contributed by atoms with van der Waals surface area (Å²) in [6.07, 6.45) is 1.96. The monoisotopic (exact) mass is 291 g/mol. The molecule has 0 aromatic heterocycles. The maximum atomic E-state index is 11.7. The number of benzene rings is 1. The Morgan fingerprint density at radius 3 is 2.48 bits per heavy atom. The van der Waals surface area contributed by atoms with Crippen molar-refractivity contribution in [2.75, 3.05) is 23.7 Å². The summed E-state index contributed by atoms with van der Waals surface area (Å²) in [7, 11) is 0. The maximum Gasteiger partial charge on any atom is 0.412 e. The summed E-state index contributed by atoms with van der Waals surface area (Å²) in [5, 5.41) is 9.60. The molecule has 5 heteroatoms. The van der Waals surface area contributed by atoms with Gasteiger partial charge in [-0.25, -0.2) is 4.79 Å². The topological polar surface area (TPSA) is 62.4 Å². The summed E-state index contributed by atoms with van der Waals surface area (Å²) in [5.74, 6) is 0. The van der Waals surface area contributed by atoms with Crippen LogP contribution in [-0.4, -0.2) is 30.8 Å². The molecule has 1 atom stereocenters. The highest BCUT2D eigenvalue weighted by Crippen LogP contribution is 2.17. The first-order valence-electron chi connectivity index (χ1n) is 7.50. The molecule has 116 valence electrons. The van der Waals surface area contributed by atoms with Crippen LogP contribution in [0.3, 0.4) is 0 Å². The van der Waals surface area contributed by atoms with E-state index in [1.807, 2.05) is 45.0 Å². The van der Waals surface area contributed by atoms with Crippen LogP contribution in [0, 0.1) is 0 Å². The van der Waals surface area contributed by atoms with Gasteiger partial charge in [-0.2, -0.15) is 0 Å². The van der Waals surface area contributed by atoms with E-state index < -0.39 is 11.7 Å². The van der Waals surface area contributed by atoms with E-state index in [9.17, 15) is 4.79 Å². The van der Waals surface area contributed by atoms with E-state index in [0.29, 0.717) is 6.04 Å². The molecule has 0 aliphatic carbocycles. The molecule has 0 radical (unpaired) electrons. The Morgan fingerprint density at radius 1 is 1.24 bits per heavy atom. The number of amides is 1. The fourth-order valence-electron chi connectivity index (χ4n) is 2.28. The molecular weight excluding hydrogens is 266 g/mol. The average molecular weight is 291 g/mol. The summed E-state index contributed by atoms with van der Waals surface area (Å²) in [4.78, 5) is 11.7. The van der Waals surface area contributed by atoms with Crippen LogP contribution in [0.1, 0.15) is 33.6 Å². The zero-order valence-corrected chi connectivity index (χ0v) is 13.0. The van der Waals surface area contributed by atoms with Gasteiger partial charge in [-0.1, -0.05) is 0 Å². The number of ether oxygens (including phenoxy) is 1. The number of rotatable bonds is 3. The molecule has 1 amide bonds. The number of piperidine rings is 1. The number of nitrogens with one attached hydrogen (secondary N) is 3. The van der Waals surface area contributed by atoms with Gasteiger partial charge in [0.25, 0.3) is 0 Å². The quantitative estimate of drug-likeness (QED) is 0.800. The van der Waals surface area contributed by atoms with E-state index in [1.165, 1.54) is 12.8 Å². The molecule has 1 aliphatic rings. The highest BCUT2D eigenvalue weighted by Gasteiger charge is 2.16. The number of hydrogen-bond acceptors (Lipinski definition) is 4. The van der Waals surface area contributed by atoms with Crippen LogP contribution in [0.15, 0.2) is 24.3 Å². The van der Waals surface area contributed by atoms with Crippen LogP contribution in [0.2, 0.25) is 0 Å². The Kier molecular flexibility index (Phi) is 5.07. The molecule has 0 saturated carbocycles. The SMILES string of the molecule is CC(C)(C)OC(=O)Nc1ccc(NC2CCCNC2)cc1. The van der Waals surface area contributed by atoms with Crippen molar-refractivity contribution < 1.29 is 9.53 Å². The lowest BCUT2D eigenvalue weighted by Crippen LogP contribution is -2.38. The van der Waals surface area contributed by atoms with Crippen molar-refractivity contribution in [2.24, 2.45) is 0 Å². The minimum Gasteiger partial charge on any atom is -0.444 e. The van der Waals surface area contributed by atoms with Crippen molar-refractivity contribution in [3.05, 3.63) is 24.3 Å². The lowest BCUT2D eigenvalue weighted by atomic mass is 10.1. The molecule has 1 saturated heterocycles. The fourth-order valence-corrected chi connectivity index (χ4v) is 2.28. The molecule has 1 unspecified atom stereocenters. The van der Waals surface area contributed by atoms with Crippen molar-refractivity contribution in [3.63, 3.8) is 0 Å². The lowest BCUT2D eigenvalue weighted by Gasteiger charge is -2.25. The second-order valence-electron chi connectivity index (χ2n) is 6.39. The number of carbonyl (C=O) groups excluding carboxylic acids is 1. The molecule has 1 fully saturated rings. The van der Waals surface area contributed by atoms with Gasteiger partial charge in [0.05, 0.1) is 0 Å².